The molecule has 0 saturated heterocycles. The van der Waals surface area contributed by atoms with Gasteiger partial charge in [0.05, 0.1) is 6.54 Å². The largest absolute Gasteiger partial charge is 0.435 e. The van der Waals surface area contributed by atoms with Crippen LogP contribution in [0.4, 0.5) is 13.2 Å². The molecule has 35 heavy (non-hydrogen) atoms. The predicted molar refractivity (Wildman–Crippen MR) is 130 cm³/mol. The molecule has 6 nitrogen and oxygen atoms in total. The van der Waals surface area contributed by atoms with Crippen LogP contribution in [-0.2, 0) is 24.1 Å². The van der Waals surface area contributed by atoms with Crippen molar-refractivity contribution in [3.05, 3.63) is 62.4 Å². The highest BCUT2D eigenvalue weighted by molar-refractivity contribution is 7.14. The third-order valence-corrected chi connectivity index (χ3v) is 7.78. The van der Waals surface area contributed by atoms with Gasteiger partial charge in [-0.05, 0) is 49.7 Å². The Bertz CT molecular complexity index is 1300. The summed E-state index contributed by atoms with van der Waals surface area (Å²) in [5, 5.41) is 15.0. The number of hydrogen-bond donors (Lipinski definition) is 0. The van der Waals surface area contributed by atoms with Crippen LogP contribution in [0.5, 0.6) is 0 Å². The van der Waals surface area contributed by atoms with Crippen LogP contribution in [0, 0.1) is 11.3 Å². The van der Waals surface area contributed by atoms with Crippen LogP contribution in [0.3, 0.4) is 0 Å². The second kappa shape index (κ2) is 9.97. The summed E-state index contributed by atoms with van der Waals surface area (Å²) in [5.41, 5.74) is 0.719. The fourth-order valence-corrected chi connectivity index (χ4v) is 6.16. The molecule has 184 valence electrons. The number of aryl methyl sites for hydroxylation is 1. The second-order valence-corrected chi connectivity index (χ2v) is 10.5. The summed E-state index contributed by atoms with van der Waals surface area (Å²) < 4.78 is 42.8. The van der Waals surface area contributed by atoms with Gasteiger partial charge >= 0.3 is 6.18 Å². The van der Waals surface area contributed by atoms with Crippen LogP contribution in [0.15, 0.2) is 35.9 Å². The summed E-state index contributed by atoms with van der Waals surface area (Å²) in [6, 6.07) is 5.78. The van der Waals surface area contributed by atoms with E-state index in [1.54, 1.807) is 29.3 Å². The van der Waals surface area contributed by atoms with Crippen molar-refractivity contribution in [3.63, 3.8) is 0 Å². The maximum absolute atomic E-state index is 13.8. The minimum atomic E-state index is -4.59. The monoisotopic (exact) mass is 519 g/mol. The molecule has 0 spiro atoms. The van der Waals surface area contributed by atoms with E-state index in [9.17, 15) is 23.2 Å². The van der Waals surface area contributed by atoms with E-state index in [2.05, 4.69) is 11.2 Å². The molecule has 1 amide bonds. The van der Waals surface area contributed by atoms with Gasteiger partial charge in [0.25, 0.3) is 0 Å². The van der Waals surface area contributed by atoms with Crippen molar-refractivity contribution >= 4 is 28.6 Å². The number of nitrogens with zero attached hydrogens (tertiary/aromatic N) is 5. The van der Waals surface area contributed by atoms with Gasteiger partial charge in [-0.15, -0.1) is 22.7 Å². The Hall–Kier alpha value is -2.94. The molecule has 11 heteroatoms. The fraction of sp³-hybridized carbons (Fsp3) is 0.375. The van der Waals surface area contributed by atoms with E-state index < -0.39 is 11.9 Å². The molecule has 1 unspecified atom stereocenters. The number of halogens is 3. The molecule has 1 aliphatic rings. The SMILES string of the molecule is CCn1cc(-c2sccc2C2CN(C(=O)/C=C/CN(C)C)Cc3sc(C#N)cc32)c(C(F)(F)F)n1. The molecule has 0 saturated carbocycles. The van der Waals surface area contributed by atoms with E-state index >= 15 is 0 Å². The second-order valence-electron chi connectivity index (χ2n) is 8.49. The first kappa shape index (κ1) is 25.2. The Balaban J connectivity index is 1.77. The lowest BCUT2D eigenvalue weighted by molar-refractivity contribution is -0.141. The Morgan fingerprint density at radius 3 is 2.80 bits per heavy atom. The van der Waals surface area contributed by atoms with Crippen molar-refractivity contribution in [3.8, 4) is 16.5 Å². The highest BCUT2D eigenvalue weighted by Crippen LogP contribution is 2.46. The first-order valence-electron chi connectivity index (χ1n) is 11.0. The number of hydrogen-bond acceptors (Lipinski definition) is 6. The number of alkyl halides is 3. The average molecular weight is 520 g/mol. The number of carbonyl (C=O) groups excluding carboxylic acids is 1. The molecule has 4 heterocycles. The van der Waals surface area contributed by atoms with Crippen molar-refractivity contribution < 1.29 is 18.0 Å². The molecule has 0 fully saturated rings. The predicted octanol–water partition coefficient (Wildman–Crippen LogP) is 5.18. The van der Waals surface area contributed by atoms with Crippen LogP contribution in [-0.4, -0.2) is 52.7 Å². The Labute approximate surface area is 209 Å². The van der Waals surface area contributed by atoms with Crippen LogP contribution >= 0.6 is 22.7 Å². The molecular weight excluding hydrogens is 495 g/mol. The maximum atomic E-state index is 13.8. The Kier molecular flexibility index (Phi) is 7.17. The molecule has 1 atom stereocenters. The topological polar surface area (TPSA) is 65.2 Å². The van der Waals surface area contributed by atoms with Crippen LogP contribution in [0.2, 0.25) is 0 Å². The smallest absolute Gasteiger partial charge is 0.333 e. The van der Waals surface area contributed by atoms with Crippen LogP contribution in [0.1, 0.15) is 39.4 Å². The van der Waals surface area contributed by atoms with E-state index in [1.807, 2.05) is 25.1 Å². The summed E-state index contributed by atoms with van der Waals surface area (Å²) in [6.07, 6.45) is 0.155. The fourth-order valence-electron chi connectivity index (χ4n) is 4.15. The van der Waals surface area contributed by atoms with E-state index in [0.29, 0.717) is 41.5 Å². The lowest BCUT2D eigenvalue weighted by Gasteiger charge is -2.32. The van der Waals surface area contributed by atoms with Crippen molar-refractivity contribution in [1.82, 2.24) is 19.6 Å². The summed E-state index contributed by atoms with van der Waals surface area (Å²) in [7, 11) is 3.81. The van der Waals surface area contributed by atoms with Gasteiger partial charge in [0.1, 0.15) is 10.9 Å². The van der Waals surface area contributed by atoms with Gasteiger partial charge in [0, 0.05) is 53.1 Å². The van der Waals surface area contributed by atoms with Gasteiger partial charge in [0.15, 0.2) is 5.69 Å². The summed E-state index contributed by atoms with van der Waals surface area (Å²) in [5.74, 6) is -0.517. The third kappa shape index (κ3) is 5.19. The molecular formula is C24H24F3N5OS2. The van der Waals surface area contributed by atoms with E-state index in [0.717, 1.165) is 10.4 Å². The highest BCUT2D eigenvalue weighted by atomic mass is 32.1. The Morgan fingerprint density at radius 1 is 1.37 bits per heavy atom. The number of thiophene rings is 2. The van der Waals surface area contributed by atoms with E-state index in [4.69, 9.17) is 0 Å². The number of fused-ring (bicyclic) bond motifs is 1. The molecule has 3 aromatic rings. The summed E-state index contributed by atoms with van der Waals surface area (Å²) in [4.78, 5) is 18.5. The van der Waals surface area contributed by atoms with Crippen LogP contribution in [0.25, 0.3) is 10.4 Å². The number of aromatic nitrogens is 2. The Morgan fingerprint density at radius 2 is 2.14 bits per heavy atom. The molecule has 3 aromatic heterocycles. The van der Waals surface area contributed by atoms with Crippen molar-refractivity contribution in [2.24, 2.45) is 0 Å². The summed E-state index contributed by atoms with van der Waals surface area (Å²) in [6.45, 7) is 3.34. The number of nitriles is 1. The zero-order valence-electron chi connectivity index (χ0n) is 19.5. The molecule has 4 rings (SSSR count). The lowest BCUT2D eigenvalue weighted by atomic mass is 9.87. The standard InChI is InChI=1S/C24H24F3N5OS2/c1-4-32-13-19(23(29-32)24(25,26)27)22-16(7-9-34-22)18-12-31(21(33)6-5-8-30(2)3)14-20-17(18)10-15(11-28)35-20/h5-7,9-10,13,18H,4,8,12,14H2,1-3H3/b6-5+. The number of rotatable bonds is 6. The zero-order valence-corrected chi connectivity index (χ0v) is 21.1. The van der Waals surface area contributed by atoms with Crippen molar-refractivity contribution in [1.29, 1.82) is 5.26 Å². The number of carbonyl (C=O) groups is 1. The van der Waals surface area contributed by atoms with Gasteiger partial charge in [-0.1, -0.05) is 6.08 Å². The van der Waals surface area contributed by atoms with Crippen molar-refractivity contribution in [2.75, 3.05) is 27.2 Å². The molecule has 0 bridgehead atoms. The summed E-state index contributed by atoms with van der Waals surface area (Å²) >= 11 is 2.55. The quantitative estimate of drug-likeness (QED) is 0.421. The highest BCUT2D eigenvalue weighted by Gasteiger charge is 2.39. The first-order chi connectivity index (χ1) is 16.6. The molecule has 0 radical (unpaired) electrons. The molecule has 0 aromatic carbocycles. The van der Waals surface area contributed by atoms with Gasteiger partial charge in [-0.25, -0.2) is 0 Å². The lowest BCUT2D eigenvalue weighted by Crippen LogP contribution is -2.37. The van der Waals surface area contributed by atoms with Gasteiger partial charge in [0.2, 0.25) is 5.91 Å². The zero-order chi connectivity index (χ0) is 25.3. The molecule has 0 N–H and O–H groups in total. The van der Waals surface area contributed by atoms with Gasteiger partial charge in [-0.2, -0.15) is 23.5 Å². The molecule has 1 aliphatic heterocycles. The van der Waals surface area contributed by atoms with Gasteiger partial charge < -0.3 is 9.80 Å². The normalized spacial score (nSPS) is 16.2. The average Bonchev–Trinajstić information content (AvgIpc) is 3.54. The maximum Gasteiger partial charge on any atom is 0.435 e. The van der Waals surface area contributed by atoms with Crippen molar-refractivity contribution in [2.45, 2.75) is 32.1 Å². The molecule has 0 aliphatic carbocycles. The van der Waals surface area contributed by atoms with E-state index in [-0.39, 0.29) is 17.4 Å². The van der Waals surface area contributed by atoms with Gasteiger partial charge in [-0.3, -0.25) is 9.48 Å². The number of amides is 1. The minimum Gasteiger partial charge on any atom is -0.333 e. The van der Waals surface area contributed by atoms with Crippen LogP contribution < -0.4 is 0 Å². The number of likely N-dealkylation sites (N-methyl/N-ethyl adjacent to an activating group) is 1. The first-order valence-corrected chi connectivity index (χ1v) is 12.7. The minimum absolute atomic E-state index is 0.0379. The van der Waals surface area contributed by atoms with E-state index in [1.165, 1.54) is 39.6 Å². The third-order valence-electron chi connectivity index (χ3n) is 5.78.